The van der Waals surface area contributed by atoms with Crippen LogP contribution < -0.4 is 10.6 Å². The van der Waals surface area contributed by atoms with E-state index >= 15 is 0 Å². The van der Waals surface area contributed by atoms with E-state index in [9.17, 15) is 28.8 Å². The second-order valence-electron chi connectivity index (χ2n) is 33.5. The van der Waals surface area contributed by atoms with E-state index in [0.29, 0.717) is 45.6 Å². The SMILES string of the molecule is CCCCCCCCCC(=O)OCCCCCCCN(CCCCCCCC(=O)OC(CCCCCCCC)CCCCCCCC)CCNC(=O)CCC(=O)NCCN(CCCCCCCOC(=O)C(C)(C)CCCCCCCC)CCCCCCCC(=O)OC(CCCCCCCC)CCCCCCCC. The van der Waals surface area contributed by atoms with Crippen LogP contribution in [0.4, 0.5) is 0 Å². The van der Waals surface area contributed by atoms with Crippen molar-refractivity contribution >= 4 is 35.7 Å². The topological polar surface area (TPSA) is 170 Å². The predicted octanol–water partition coefficient (Wildman–Crippen LogP) is 26.0. The van der Waals surface area contributed by atoms with Gasteiger partial charge >= 0.3 is 23.9 Å². The molecule has 0 saturated carbocycles. The zero-order valence-electron chi connectivity index (χ0n) is 73.1. The Kier molecular flexibility index (Phi) is 79.3. The maximum absolute atomic E-state index is 13.3. The molecule has 0 saturated heterocycles. The third kappa shape index (κ3) is 74.2. The summed E-state index contributed by atoms with van der Waals surface area (Å²) in [6, 6.07) is 0. The van der Waals surface area contributed by atoms with Crippen molar-refractivity contribution in [2.45, 2.75) is 498 Å². The first-order chi connectivity index (χ1) is 52.7. The fourth-order valence-electron chi connectivity index (χ4n) is 14.9. The molecular formula is C94H182N4O10. The molecule has 14 heteroatoms. The van der Waals surface area contributed by atoms with Crippen molar-refractivity contribution in [1.29, 1.82) is 0 Å². The number of carbonyl (C=O) groups excluding carboxylic acids is 6. The summed E-state index contributed by atoms with van der Waals surface area (Å²) >= 11 is 0. The molecule has 14 nitrogen and oxygen atoms in total. The molecule has 0 heterocycles. The molecule has 2 amide bonds. The highest BCUT2D eigenvalue weighted by molar-refractivity contribution is 5.83. The first-order valence-corrected chi connectivity index (χ1v) is 47.4. The van der Waals surface area contributed by atoms with Crippen molar-refractivity contribution in [3.63, 3.8) is 0 Å². The van der Waals surface area contributed by atoms with Gasteiger partial charge in [-0.15, -0.1) is 0 Å². The van der Waals surface area contributed by atoms with Crippen molar-refractivity contribution in [2.24, 2.45) is 5.41 Å². The second kappa shape index (κ2) is 81.7. The lowest BCUT2D eigenvalue weighted by molar-refractivity contribution is -0.154. The van der Waals surface area contributed by atoms with Crippen molar-refractivity contribution < 1.29 is 47.7 Å². The maximum atomic E-state index is 13.3. The largest absolute Gasteiger partial charge is 0.466 e. The second-order valence-corrected chi connectivity index (χ2v) is 33.5. The first-order valence-electron chi connectivity index (χ1n) is 47.4. The average Bonchev–Trinajstić information content (AvgIpc) is 0.896. The van der Waals surface area contributed by atoms with Gasteiger partial charge in [-0.1, -0.05) is 324 Å². The van der Waals surface area contributed by atoms with Crippen LogP contribution in [0.2, 0.25) is 0 Å². The highest BCUT2D eigenvalue weighted by Crippen LogP contribution is 2.27. The van der Waals surface area contributed by atoms with Crippen LogP contribution in [0.25, 0.3) is 0 Å². The summed E-state index contributed by atoms with van der Waals surface area (Å²) in [7, 11) is 0. The number of carbonyl (C=O) groups is 6. The van der Waals surface area contributed by atoms with Gasteiger partial charge in [0.05, 0.1) is 18.6 Å². The lowest BCUT2D eigenvalue weighted by atomic mass is 9.87. The van der Waals surface area contributed by atoms with Crippen LogP contribution in [0.3, 0.4) is 0 Å². The molecule has 108 heavy (non-hydrogen) atoms. The van der Waals surface area contributed by atoms with E-state index in [2.05, 4.69) is 62.0 Å². The molecule has 0 radical (unpaired) electrons. The van der Waals surface area contributed by atoms with E-state index in [-0.39, 0.29) is 60.7 Å². The minimum Gasteiger partial charge on any atom is -0.466 e. The minimum absolute atomic E-state index is 0.0179. The van der Waals surface area contributed by atoms with Gasteiger partial charge in [-0.05, 0) is 156 Å². The Morgan fingerprint density at radius 3 is 0.833 bits per heavy atom. The fraction of sp³-hybridized carbons (Fsp3) is 0.936. The van der Waals surface area contributed by atoms with Crippen LogP contribution in [-0.2, 0) is 47.7 Å². The Morgan fingerprint density at radius 1 is 0.269 bits per heavy atom. The van der Waals surface area contributed by atoms with Crippen LogP contribution in [0.1, 0.15) is 486 Å². The third-order valence-corrected chi connectivity index (χ3v) is 22.3. The molecule has 0 aromatic heterocycles. The molecule has 0 aliphatic rings. The van der Waals surface area contributed by atoms with Crippen molar-refractivity contribution in [3.05, 3.63) is 0 Å². The Morgan fingerprint density at radius 2 is 0.519 bits per heavy atom. The third-order valence-electron chi connectivity index (χ3n) is 22.3. The summed E-state index contributed by atoms with van der Waals surface area (Å²) in [5.74, 6) is -0.349. The fourth-order valence-corrected chi connectivity index (χ4v) is 14.9. The average molecular weight is 1530 g/mol. The van der Waals surface area contributed by atoms with Crippen molar-refractivity contribution in [1.82, 2.24) is 20.4 Å². The number of rotatable bonds is 87. The van der Waals surface area contributed by atoms with Crippen LogP contribution in [0.5, 0.6) is 0 Å². The number of nitrogens with zero attached hydrogens (tertiary/aromatic N) is 2. The van der Waals surface area contributed by atoms with Gasteiger partial charge < -0.3 is 39.4 Å². The number of nitrogens with one attached hydrogen (secondary N) is 2. The van der Waals surface area contributed by atoms with Gasteiger partial charge in [0, 0.05) is 58.3 Å². The zero-order chi connectivity index (χ0) is 79.0. The molecule has 0 fully saturated rings. The zero-order valence-corrected chi connectivity index (χ0v) is 73.1. The lowest BCUT2D eigenvalue weighted by Gasteiger charge is -2.23. The molecule has 0 atom stereocenters. The highest BCUT2D eigenvalue weighted by atomic mass is 16.6. The number of hydrogen-bond acceptors (Lipinski definition) is 12. The Labute approximate surface area is 669 Å². The van der Waals surface area contributed by atoms with E-state index in [1.54, 1.807) is 0 Å². The molecule has 0 aliphatic carbocycles. The Balaban J connectivity index is 5.43. The molecule has 0 unspecified atom stereocenters. The van der Waals surface area contributed by atoms with Crippen LogP contribution >= 0.6 is 0 Å². The smallest absolute Gasteiger partial charge is 0.311 e. The first kappa shape index (κ1) is 105. The summed E-state index contributed by atoms with van der Waals surface area (Å²) in [6.45, 7) is 25.0. The molecule has 0 aromatic rings. The predicted molar refractivity (Wildman–Crippen MR) is 458 cm³/mol. The minimum atomic E-state index is -0.437. The summed E-state index contributed by atoms with van der Waals surface area (Å²) in [6.07, 6.45) is 73.2. The maximum Gasteiger partial charge on any atom is 0.311 e. The Bertz CT molecular complexity index is 1960. The number of unbranched alkanes of at least 4 members (excludes halogenated alkanes) is 47. The lowest BCUT2D eigenvalue weighted by Crippen LogP contribution is -2.37. The summed E-state index contributed by atoms with van der Waals surface area (Å²) < 4.78 is 23.6. The van der Waals surface area contributed by atoms with E-state index in [1.807, 2.05) is 13.8 Å². The molecule has 2 N–H and O–H groups in total. The molecule has 0 rings (SSSR count). The molecule has 0 aromatic carbocycles. The van der Waals surface area contributed by atoms with Crippen molar-refractivity contribution in [3.8, 4) is 0 Å². The van der Waals surface area contributed by atoms with E-state index < -0.39 is 5.41 Å². The van der Waals surface area contributed by atoms with Crippen molar-refractivity contribution in [2.75, 3.05) is 65.6 Å². The van der Waals surface area contributed by atoms with E-state index in [4.69, 9.17) is 18.9 Å². The highest BCUT2D eigenvalue weighted by Gasteiger charge is 2.29. The monoisotopic (exact) mass is 1530 g/mol. The van der Waals surface area contributed by atoms with Gasteiger partial charge in [-0.3, -0.25) is 28.8 Å². The number of esters is 4. The number of hydrogen-bond donors (Lipinski definition) is 2. The van der Waals surface area contributed by atoms with Gasteiger partial charge in [0.2, 0.25) is 11.8 Å². The number of amides is 2. The summed E-state index contributed by atoms with van der Waals surface area (Å²) in [5, 5.41) is 6.28. The quantitative estimate of drug-likeness (QED) is 0.0336. The van der Waals surface area contributed by atoms with Gasteiger partial charge in [0.25, 0.3) is 0 Å². The van der Waals surface area contributed by atoms with Gasteiger partial charge in [-0.25, -0.2) is 0 Å². The normalized spacial score (nSPS) is 11.8. The molecule has 638 valence electrons. The van der Waals surface area contributed by atoms with Crippen LogP contribution in [-0.4, -0.2) is 123 Å². The molecule has 0 spiro atoms. The van der Waals surface area contributed by atoms with Gasteiger partial charge in [0.1, 0.15) is 12.2 Å². The Hall–Kier alpha value is -3.26. The summed E-state index contributed by atoms with van der Waals surface area (Å²) in [4.78, 5) is 83.1. The molecule has 0 aliphatic heterocycles. The van der Waals surface area contributed by atoms with Crippen LogP contribution in [0.15, 0.2) is 0 Å². The number of ether oxygens (including phenoxy) is 4. The van der Waals surface area contributed by atoms with E-state index in [1.165, 1.54) is 193 Å². The molecular weight excluding hydrogens is 1350 g/mol. The standard InChI is InChI=1S/C94H182N4O10/c1-9-15-21-27-33-42-56-70-90(101)105-84-64-50-36-48-62-80-97(78-60-46-34-43-57-71-91(102)107-86(66-52-38-28-22-16-10-2)67-53-39-29-23-17-11-3)82-76-95-88(99)73-74-89(100)96-77-83-98(81-63-49-37-51-65-85-106-93(104)94(7,8)75-59-45-32-26-20-14-6)79-61-47-35-44-58-72-92(103)108-87(68-54-40-30-24-18-12-4)69-55-41-31-25-19-13-5/h86-87H,9-85H2,1-8H3,(H,95,99)(H,96,100). The van der Waals surface area contributed by atoms with Crippen LogP contribution in [0, 0.1) is 5.41 Å². The molecule has 0 bridgehead atoms. The van der Waals surface area contributed by atoms with Gasteiger partial charge in [0.15, 0.2) is 0 Å². The summed E-state index contributed by atoms with van der Waals surface area (Å²) in [5.41, 5.74) is -0.437. The van der Waals surface area contributed by atoms with E-state index in [0.717, 1.165) is 245 Å². The van der Waals surface area contributed by atoms with Gasteiger partial charge in [-0.2, -0.15) is 0 Å².